The van der Waals surface area contributed by atoms with Crippen molar-refractivity contribution in [1.82, 2.24) is 0 Å². The normalized spacial score (nSPS) is 10.5. The fourth-order valence-corrected chi connectivity index (χ4v) is 4.20. The molecule has 0 radical (unpaired) electrons. The van der Waals surface area contributed by atoms with Gasteiger partial charge in [-0.15, -0.1) is 11.3 Å². The zero-order valence-corrected chi connectivity index (χ0v) is 15.8. The number of ketones is 1. The SMILES string of the molecule is O=C(c1ccccc1)c1cccc(NC(=O)c2cc(-c3ccsc3)cs2)c1. The smallest absolute Gasteiger partial charge is 0.265 e. The van der Waals surface area contributed by atoms with Gasteiger partial charge in [-0.3, -0.25) is 9.59 Å². The van der Waals surface area contributed by atoms with E-state index in [1.807, 2.05) is 41.1 Å². The van der Waals surface area contributed by atoms with Crippen molar-refractivity contribution in [1.29, 1.82) is 0 Å². The molecule has 27 heavy (non-hydrogen) atoms. The van der Waals surface area contributed by atoms with E-state index in [1.165, 1.54) is 11.3 Å². The average molecular weight is 390 g/mol. The molecular weight excluding hydrogens is 374 g/mol. The number of carbonyl (C=O) groups is 2. The molecule has 2 aromatic heterocycles. The van der Waals surface area contributed by atoms with E-state index in [2.05, 4.69) is 10.7 Å². The van der Waals surface area contributed by atoms with Gasteiger partial charge in [-0.2, -0.15) is 11.3 Å². The summed E-state index contributed by atoms with van der Waals surface area (Å²) in [7, 11) is 0. The number of anilines is 1. The van der Waals surface area contributed by atoms with E-state index in [9.17, 15) is 9.59 Å². The molecule has 5 heteroatoms. The number of thiophene rings is 2. The second-order valence-corrected chi connectivity index (χ2v) is 7.63. The number of carbonyl (C=O) groups excluding carboxylic acids is 2. The summed E-state index contributed by atoms with van der Waals surface area (Å²) in [5.41, 5.74) is 3.93. The van der Waals surface area contributed by atoms with Crippen molar-refractivity contribution in [3.8, 4) is 11.1 Å². The Morgan fingerprint density at radius 2 is 1.59 bits per heavy atom. The third-order valence-corrected chi connectivity index (χ3v) is 5.71. The molecule has 0 bridgehead atoms. The highest BCUT2D eigenvalue weighted by molar-refractivity contribution is 7.12. The van der Waals surface area contributed by atoms with Crippen LogP contribution in [0.15, 0.2) is 82.9 Å². The van der Waals surface area contributed by atoms with Crippen LogP contribution in [-0.4, -0.2) is 11.7 Å². The molecule has 2 heterocycles. The lowest BCUT2D eigenvalue weighted by Gasteiger charge is -2.06. The van der Waals surface area contributed by atoms with Gasteiger partial charge in [0.25, 0.3) is 5.91 Å². The van der Waals surface area contributed by atoms with Gasteiger partial charge in [0.2, 0.25) is 0 Å². The molecule has 4 aromatic rings. The Morgan fingerprint density at radius 3 is 2.37 bits per heavy atom. The van der Waals surface area contributed by atoms with Crippen molar-refractivity contribution in [3.05, 3.63) is 98.9 Å². The van der Waals surface area contributed by atoms with Crippen molar-refractivity contribution in [2.45, 2.75) is 0 Å². The van der Waals surface area contributed by atoms with Crippen LogP contribution in [-0.2, 0) is 0 Å². The van der Waals surface area contributed by atoms with Gasteiger partial charge in [0, 0.05) is 16.8 Å². The van der Waals surface area contributed by atoms with Crippen molar-refractivity contribution in [2.24, 2.45) is 0 Å². The summed E-state index contributed by atoms with van der Waals surface area (Å²) in [6, 6.07) is 20.1. The number of nitrogens with one attached hydrogen (secondary N) is 1. The molecule has 0 fully saturated rings. The van der Waals surface area contributed by atoms with Crippen LogP contribution in [0.25, 0.3) is 11.1 Å². The van der Waals surface area contributed by atoms with Gasteiger partial charge in [-0.25, -0.2) is 0 Å². The molecule has 0 unspecified atom stereocenters. The van der Waals surface area contributed by atoms with Crippen LogP contribution in [0.5, 0.6) is 0 Å². The summed E-state index contributed by atoms with van der Waals surface area (Å²) in [6.07, 6.45) is 0. The van der Waals surface area contributed by atoms with Crippen LogP contribution in [0, 0.1) is 0 Å². The third-order valence-electron chi connectivity index (χ3n) is 4.10. The summed E-state index contributed by atoms with van der Waals surface area (Å²) < 4.78 is 0. The molecule has 0 saturated carbocycles. The highest BCUT2D eigenvalue weighted by Crippen LogP contribution is 2.28. The fourth-order valence-electron chi connectivity index (χ4n) is 2.72. The van der Waals surface area contributed by atoms with Gasteiger partial charge >= 0.3 is 0 Å². The predicted molar refractivity (Wildman–Crippen MR) is 112 cm³/mol. The van der Waals surface area contributed by atoms with Gasteiger partial charge in [0.1, 0.15) is 0 Å². The number of benzene rings is 2. The van der Waals surface area contributed by atoms with Crippen LogP contribution in [0.3, 0.4) is 0 Å². The molecule has 4 rings (SSSR count). The number of rotatable bonds is 5. The standard InChI is InChI=1S/C22H15NO2S2/c24-21(15-5-2-1-3-6-15)16-7-4-8-19(11-16)23-22(25)20-12-18(14-27-20)17-9-10-26-13-17/h1-14H,(H,23,25). The largest absolute Gasteiger partial charge is 0.321 e. The summed E-state index contributed by atoms with van der Waals surface area (Å²) >= 11 is 3.04. The molecule has 3 nitrogen and oxygen atoms in total. The molecule has 0 atom stereocenters. The lowest BCUT2D eigenvalue weighted by Crippen LogP contribution is -2.11. The molecule has 0 aliphatic heterocycles. The molecule has 2 aromatic carbocycles. The second kappa shape index (κ2) is 7.70. The second-order valence-electron chi connectivity index (χ2n) is 5.94. The predicted octanol–water partition coefficient (Wildman–Crippen LogP) is 5.96. The third kappa shape index (κ3) is 3.89. The Balaban J connectivity index is 1.51. The van der Waals surface area contributed by atoms with Gasteiger partial charge in [0.15, 0.2) is 5.78 Å². The maximum atomic E-state index is 12.6. The lowest BCUT2D eigenvalue weighted by molar-refractivity contribution is 0.102. The van der Waals surface area contributed by atoms with E-state index in [1.54, 1.807) is 47.7 Å². The van der Waals surface area contributed by atoms with Crippen LogP contribution in [0.1, 0.15) is 25.6 Å². The molecule has 1 N–H and O–H groups in total. The van der Waals surface area contributed by atoms with Gasteiger partial charge in [-0.05, 0) is 51.5 Å². The quantitative estimate of drug-likeness (QED) is 0.428. The highest BCUT2D eigenvalue weighted by Gasteiger charge is 2.13. The first-order valence-corrected chi connectivity index (χ1v) is 10.2. The summed E-state index contributed by atoms with van der Waals surface area (Å²) in [4.78, 5) is 25.8. The Kier molecular flexibility index (Phi) is 4.96. The monoisotopic (exact) mass is 389 g/mol. The topological polar surface area (TPSA) is 46.2 Å². The molecule has 1 amide bonds. The highest BCUT2D eigenvalue weighted by atomic mass is 32.1. The van der Waals surface area contributed by atoms with Crippen LogP contribution >= 0.6 is 22.7 Å². The zero-order valence-electron chi connectivity index (χ0n) is 14.2. The lowest BCUT2D eigenvalue weighted by atomic mass is 10.0. The van der Waals surface area contributed by atoms with Crippen molar-refractivity contribution < 1.29 is 9.59 Å². The Hall–Kier alpha value is -3.02. The van der Waals surface area contributed by atoms with E-state index in [0.29, 0.717) is 21.7 Å². The average Bonchev–Trinajstić information content (AvgIpc) is 3.40. The number of hydrogen-bond acceptors (Lipinski definition) is 4. The maximum Gasteiger partial charge on any atom is 0.265 e. The first-order valence-electron chi connectivity index (χ1n) is 8.33. The minimum absolute atomic E-state index is 0.0671. The minimum Gasteiger partial charge on any atom is -0.321 e. The van der Waals surface area contributed by atoms with Crippen molar-refractivity contribution in [3.63, 3.8) is 0 Å². The Labute approximate surface area is 164 Å². The molecule has 0 aliphatic carbocycles. The Morgan fingerprint density at radius 1 is 0.778 bits per heavy atom. The van der Waals surface area contributed by atoms with Gasteiger partial charge < -0.3 is 5.32 Å². The first-order chi connectivity index (χ1) is 13.2. The van der Waals surface area contributed by atoms with Gasteiger partial charge in [0.05, 0.1) is 4.88 Å². The fraction of sp³-hybridized carbons (Fsp3) is 0. The summed E-state index contributed by atoms with van der Waals surface area (Å²) in [5.74, 6) is -0.242. The summed E-state index contributed by atoms with van der Waals surface area (Å²) in [6.45, 7) is 0. The Bertz CT molecular complexity index is 1080. The molecule has 132 valence electrons. The van der Waals surface area contributed by atoms with E-state index in [0.717, 1.165) is 11.1 Å². The van der Waals surface area contributed by atoms with Crippen molar-refractivity contribution in [2.75, 3.05) is 5.32 Å². The van der Waals surface area contributed by atoms with Crippen molar-refractivity contribution >= 4 is 40.1 Å². The molecule has 0 spiro atoms. The number of hydrogen-bond donors (Lipinski definition) is 1. The van der Waals surface area contributed by atoms with E-state index in [4.69, 9.17) is 0 Å². The summed E-state index contributed by atoms with van der Waals surface area (Å²) in [5, 5.41) is 8.94. The molecular formula is C22H15NO2S2. The van der Waals surface area contributed by atoms with E-state index >= 15 is 0 Å². The number of amides is 1. The van der Waals surface area contributed by atoms with E-state index < -0.39 is 0 Å². The molecule has 0 aliphatic rings. The van der Waals surface area contributed by atoms with Gasteiger partial charge in [-0.1, -0.05) is 42.5 Å². The van der Waals surface area contributed by atoms with E-state index in [-0.39, 0.29) is 11.7 Å². The van der Waals surface area contributed by atoms with Crippen LogP contribution in [0.2, 0.25) is 0 Å². The molecule has 0 saturated heterocycles. The maximum absolute atomic E-state index is 12.6. The van der Waals surface area contributed by atoms with Crippen LogP contribution in [0.4, 0.5) is 5.69 Å². The van der Waals surface area contributed by atoms with Crippen LogP contribution < -0.4 is 5.32 Å². The minimum atomic E-state index is -0.175. The zero-order chi connectivity index (χ0) is 18.6. The first kappa shape index (κ1) is 17.4.